The van der Waals surface area contributed by atoms with Crippen LogP contribution in [0.3, 0.4) is 0 Å². The van der Waals surface area contributed by atoms with Crippen LogP contribution in [0.25, 0.3) is 0 Å². The van der Waals surface area contributed by atoms with Gasteiger partial charge in [-0.25, -0.2) is 0 Å². The quantitative estimate of drug-likeness (QED) is 0.843. The molecule has 0 spiro atoms. The fraction of sp³-hybridized carbons (Fsp3) is 0.769. The molecule has 3 heteroatoms. The van der Waals surface area contributed by atoms with E-state index in [1.165, 1.54) is 31.4 Å². The summed E-state index contributed by atoms with van der Waals surface area (Å²) in [5.41, 5.74) is 2.52. The molecule has 1 aromatic heterocycles. The first kappa shape index (κ1) is 11.6. The zero-order valence-electron chi connectivity index (χ0n) is 10.7. The third kappa shape index (κ3) is 2.46. The average Bonchev–Trinajstić information content (AvgIpc) is 2.77. The molecular weight excluding hydrogens is 198 g/mol. The summed E-state index contributed by atoms with van der Waals surface area (Å²) in [6.07, 6.45) is 5.26. The first-order valence-corrected chi connectivity index (χ1v) is 6.43. The molecular formula is C13H23N3. The first-order valence-electron chi connectivity index (χ1n) is 6.43. The second-order valence-corrected chi connectivity index (χ2v) is 4.96. The number of nitrogens with zero attached hydrogens (tertiary/aromatic N) is 2. The van der Waals surface area contributed by atoms with E-state index in [0.717, 1.165) is 24.2 Å². The molecule has 1 saturated carbocycles. The molecule has 0 aliphatic heterocycles. The minimum atomic E-state index is 0.722. The zero-order valence-corrected chi connectivity index (χ0v) is 10.7. The molecule has 1 aliphatic carbocycles. The maximum absolute atomic E-state index is 4.42. The van der Waals surface area contributed by atoms with Crippen LogP contribution in [0.5, 0.6) is 0 Å². The Morgan fingerprint density at radius 2 is 2.31 bits per heavy atom. The van der Waals surface area contributed by atoms with Gasteiger partial charge in [0.15, 0.2) is 0 Å². The standard InChI is InChI=1S/C13H23N3/c1-4-14-13-7-5-6-11(13)9-12-8-10(2)15-16(12)3/h8,11,13-14H,4-7,9H2,1-3H3. The van der Waals surface area contributed by atoms with E-state index < -0.39 is 0 Å². The van der Waals surface area contributed by atoms with E-state index in [0.29, 0.717) is 0 Å². The summed E-state index contributed by atoms with van der Waals surface area (Å²) in [4.78, 5) is 0. The Morgan fingerprint density at radius 3 is 2.94 bits per heavy atom. The number of aromatic nitrogens is 2. The minimum Gasteiger partial charge on any atom is -0.314 e. The van der Waals surface area contributed by atoms with Gasteiger partial charge in [-0.15, -0.1) is 0 Å². The molecule has 0 radical (unpaired) electrons. The molecule has 0 amide bonds. The van der Waals surface area contributed by atoms with Gasteiger partial charge in [-0.1, -0.05) is 13.3 Å². The normalized spacial score (nSPS) is 25.2. The van der Waals surface area contributed by atoms with Gasteiger partial charge >= 0.3 is 0 Å². The molecule has 16 heavy (non-hydrogen) atoms. The van der Waals surface area contributed by atoms with Crippen LogP contribution in [0.1, 0.15) is 37.6 Å². The number of hydrogen-bond acceptors (Lipinski definition) is 2. The van der Waals surface area contributed by atoms with Gasteiger partial charge < -0.3 is 5.32 Å². The van der Waals surface area contributed by atoms with Crippen molar-refractivity contribution < 1.29 is 0 Å². The highest BCUT2D eigenvalue weighted by molar-refractivity contribution is 5.10. The van der Waals surface area contributed by atoms with E-state index in [1.807, 2.05) is 4.68 Å². The lowest BCUT2D eigenvalue weighted by Gasteiger charge is -2.20. The zero-order chi connectivity index (χ0) is 11.5. The van der Waals surface area contributed by atoms with Crippen molar-refractivity contribution in [3.63, 3.8) is 0 Å². The van der Waals surface area contributed by atoms with Crippen molar-refractivity contribution in [2.24, 2.45) is 13.0 Å². The summed E-state index contributed by atoms with van der Waals surface area (Å²) in [7, 11) is 2.06. The molecule has 1 N–H and O–H groups in total. The Labute approximate surface area is 98.2 Å². The molecule has 90 valence electrons. The second-order valence-electron chi connectivity index (χ2n) is 4.96. The Hall–Kier alpha value is -0.830. The van der Waals surface area contributed by atoms with Crippen molar-refractivity contribution in [3.8, 4) is 0 Å². The molecule has 2 rings (SSSR count). The fourth-order valence-corrected chi connectivity index (χ4v) is 2.94. The lowest BCUT2D eigenvalue weighted by molar-refractivity contribution is 0.398. The van der Waals surface area contributed by atoms with Gasteiger partial charge in [0.05, 0.1) is 5.69 Å². The molecule has 1 aliphatic rings. The minimum absolute atomic E-state index is 0.722. The van der Waals surface area contributed by atoms with Crippen molar-refractivity contribution in [2.75, 3.05) is 6.54 Å². The van der Waals surface area contributed by atoms with Crippen LogP contribution in [0.2, 0.25) is 0 Å². The van der Waals surface area contributed by atoms with Crippen molar-refractivity contribution in [3.05, 3.63) is 17.5 Å². The fourth-order valence-electron chi connectivity index (χ4n) is 2.94. The van der Waals surface area contributed by atoms with Crippen LogP contribution in [0, 0.1) is 12.8 Å². The molecule has 0 bridgehead atoms. The van der Waals surface area contributed by atoms with Gasteiger partial charge in [0.25, 0.3) is 0 Å². The molecule has 3 nitrogen and oxygen atoms in total. The molecule has 0 saturated heterocycles. The van der Waals surface area contributed by atoms with Gasteiger partial charge in [-0.2, -0.15) is 5.10 Å². The summed E-state index contributed by atoms with van der Waals surface area (Å²) in [6, 6.07) is 2.95. The van der Waals surface area contributed by atoms with Crippen molar-refractivity contribution in [2.45, 2.75) is 45.6 Å². The predicted molar refractivity (Wildman–Crippen MR) is 66.5 cm³/mol. The number of nitrogens with one attached hydrogen (secondary N) is 1. The second kappa shape index (κ2) is 5.00. The highest BCUT2D eigenvalue weighted by Crippen LogP contribution is 2.28. The van der Waals surface area contributed by atoms with Crippen LogP contribution in [0.4, 0.5) is 0 Å². The molecule has 1 aromatic rings. The highest BCUT2D eigenvalue weighted by atomic mass is 15.3. The lowest BCUT2D eigenvalue weighted by atomic mass is 9.97. The van der Waals surface area contributed by atoms with Crippen molar-refractivity contribution in [1.82, 2.24) is 15.1 Å². The maximum atomic E-state index is 4.42. The van der Waals surface area contributed by atoms with E-state index in [-0.39, 0.29) is 0 Å². The van der Waals surface area contributed by atoms with E-state index in [2.05, 4.69) is 37.4 Å². The molecule has 0 aromatic carbocycles. The van der Waals surface area contributed by atoms with E-state index >= 15 is 0 Å². The average molecular weight is 221 g/mol. The summed E-state index contributed by atoms with van der Waals surface area (Å²) in [5, 5.41) is 8.03. The van der Waals surface area contributed by atoms with Gasteiger partial charge in [-0.3, -0.25) is 4.68 Å². The highest BCUT2D eigenvalue weighted by Gasteiger charge is 2.27. The molecule has 1 fully saturated rings. The van der Waals surface area contributed by atoms with Crippen LogP contribution in [-0.2, 0) is 13.5 Å². The monoisotopic (exact) mass is 221 g/mol. The van der Waals surface area contributed by atoms with Gasteiger partial charge in [0.2, 0.25) is 0 Å². The number of hydrogen-bond donors (Lipinski definition) is 1. The number of aryl methyl sites for hydroxylation is 2. The topological polar surface area (TPSA) is 29.9 Å². The predicted octanol–water partition coefficient (Wildman–Crippen LogP) is 2.05. The first-order chi connectivity index (χ1) is 7.70. The third-order valence-electron chi connectivity index (χ3n) is 3.70. The smallest absolute Gasteiger partial charge is 0.0596 e. The van der Waals surface area contributed by atoms with Gasteiger partial charge in [-0.05, 0) is 44.7 Å². The van der Waals surface area contributed by atoms with Crippen molar-refractivity contribution >= 4 is 0 Å². The van der Waals surface area contributed by atoms with Crippen molar-refractivity contribution in [1.29, 1.82) is 0 Å². The van der Waals surface area contributed by atoms with Gasteiger partial charge in [0, 0.05) is 18.8 Å². The van der Waals surface area contributed by atoms with Gasteiger partial charge in [0.1, 0.15) is 0 Å². The van der Waals surface area contributed by atoms with E-state index in [1.54, 1.807) is 0 Å². The lowest BCUT2D eigenvalue weighted by Crippen LogP contribution is -2.33. The summed E-state index contributed by atoms with van der Waals surface area (Å²) in [5.74, 6) is 0.801. The molecule has 2 atom stereocenters. The number of rotatable bonds is 4. The van der Waals surface area contributed by atoms with Crippen LogP contribution in [-0.4, -0.2) is 22.4 Å². The Balaban J connectivity index is 2.00. The third-order valence-corrected chi connectivity index (χ3v) is 3.70. The van der Waals surface area contributed by atoms with E-state index in [9.17, 15) is 0 Å². The SMILES string of the molecule is CCNC1CCCC1Cc1cc(C)nn1C. The maximum Gasteiger partial charge on any atom is 0.0596 e. The van der Waals surface area contributed by atoms with Crippen LogP contribution < -0.4 is 5.32 Å². The van der Waals surface area contributed by atoms with E-state index in [4.69, 9.17) is 0 Å². The Kier molecular flexibility index (Phi) is 3.64. The summed E-state index contributed by atoms with van der Waals surface area (Å²) < 4.78 is 2.04. The largest absolute Gasteiger partial charge is 0.314 e. The Bertz CT molecular complexity index is 343. The molecule has 1 heterocycles. The summed E-state index contributed by atoms with van der Waals surface area (Å²) >= 11 is 0. The Morgan fingerprint density at radius 1 is 1.50 bits per heavy atom. The molecule has 2 unspecified atom stereocenters. The van der Waals surface area contributed by atoms with Crippen LogP contribution >= 0.6 is 0 Å². The summed E-state index contributed by atoms with van der Waals surface area (Å²) in [6.45, 7) is 5.36. The van der Waals surface area contributed by atoms with Crippen LogP contribution in [0.15, 0.2) is 6.07 Å².